The van der Waals surface area contributed by atoms with Crippen molar-refractivity contribution in [1.82, 2.24) is 0 Å². The number of hydrogen-bond donors (Lipinski definition) is 1. The average Bonchev–Trinajstić information content (AvgIpc) is 2.68. The number of anilines is 1. The van der Waals surface area contributed by atoms with Crippen molar-refractivity contribution in [3.05, 3.63) is 99.6 Å². The number of carbonyl (C=O) groups is 1. The molecule has 3 rings (SSSR count). The second-order valence-electron chi connectivity index (χ2n) is 6.01. The molecule has 136 valence electrons. The van der Waals surface area contributed by atoms with Gasteiger partial charge in [0.2, 0.25) is 0 Å². The van der Waals surface area contributed by atoms with Crippen LogP contribution in [0.15, 0.2) is 72.8 Å². The van der Waals surface area contributed by atoms with Crippen molar-refractivity contribution in [3.63, 3.8) is 0 Å². The number of nitrogens with zero attached hydrogens (tertiary/aromatic N) is 1. The number of nitro benzene ring substituents is 1. The van der Waals surface area contributed by atoms with E-state index in [4.69, 9.17) is 4.74 Å². The lowest BCUT2D eigenvalue weighted by atomic mass is 10.1. The third-order valence-electron chi connectivity index (χ3n) is 4.02. The van der Waals surface area contributed by atoms with Crippen LogP contribution in [0.5, 0.6) is 5.75 Å². The second-order valence-corrected chi connectivity index (χ2v) is 6.01. The van der Waals surface area contributed by atoms with E-state index in [1.165, 1.54) is 18.2 Å². The van der Waals surface area contributed by atoms with Crippen molar-refractivity contribution in [1.29, 1.82) is 0 Å². The Morgan fingerprint density at radius 2 is 1.74 bits per heavy atom. The van der Waals surface area contributed by atoms with Gasteiger partial charge in [0.1, 0.15) is 12.4 Å². The first-order valence-electron chi connectivity index (χ1n) is 8.36. The molecule has 0 aliphatic rings. The minimum Gasteiger partial charge on any atom is -0.489 e. The first kappa shape index (κ1) is 18.1. The second kappa shape index (κ2) is 8.14. The number of carbonyl (C=O) groups excluding carboxylic acids is 1. The smallest absolute Gasteiger partial charge is 0.272 e. The van der Waals surface area contributed by atoms with Gasteiger partial charge in [0.25, 0.3) is 11.6 Å². The van der Waals surface area contributed by atoms with Crippen LogP contribution in [-0.4, -0.2) is 10.8 Å². The van der Waals surface area contributed by atoms with Crippen molar-refractivity contribution < 1.29 is 14.5 Å². The van der Waals surface area contributed by atoms with Crippen molar-refractivity contribution in [3.8, 4) is 5.75 Å². The van der Waals surface area contributed by atoms with Gasteiger partial charge in [-0.1, -0.05) is 30.3 Å². The molecule has 0 spiro atoms. The van der Waals surface area contributed by atoms with Gasteiger partial charge in [-0.05, 0) is 48.9 Å². The van der Waals surface area contributed by atoms with Gasteiger partial charge in [0, 0.05) is 22.9 Å². The Hall–Kier alpha value is -3.67. The highest BCUT2D eigenvalue weighted by Gasteiger charge is 2.14. The van der Waals surface area contributed by atoms with E-state index in [9.17, 15) is 14.9 Å². The molecule has 0 saturated heterocycles. The number of amides is 1. The predicted molar refractivity (Wildman–Crippen MR) is 103 cm³/mol. The number of nitro groups is 1. The van der Waals surface area contributed by atoms with Gasteiger partial charge in [-0.25, -0.2) is 0 Å². The normalized spacial score (nSPS) is 10.3. The monoisotopic (exact) mass is 362 g/mol. The van der Waals surface area contributed by atoms with Crippen LogP contribution in [-0.2, 0) is 6.61 Å². The van der Waals surface area contributed by atoms with E-state index < -0.39 is 4.92 Å². The van der Waals surface area contributed by atoms with Gasteiger partial charge in [-0.15, -0.1) is 0 Å². The first-order valence-corrected chi connectivity index (χ1v) is 8.36. The number of nitrogens with one attached hydrogen (secondary N) is 1. The molecule has 0 fully saturated rings. The summed E-state index contributed by atoms with van der Waals surface area (Å²) in [5, 5.41) is 13.6. The van der Waals surface area contributed by atoms with Gasteiger partial charge in [0.15, 0.2) is 0 Å². The number of aryl methyl sites for hydroxylation is 1. The summed E-state index contributed by atoms with van der Waals surface area (Å²) in [6.07, 6.45) is 0. The van der Waals surface area contributed by atoms with E-state index in [1.54, 1.807) is 31.2 Å². The molecule has 0 saturated carbocycles. The number of ether oxygens (including phenoxy) is 1. The molecule has 3 aromatic carbocycles. The Morgan fingerprint density at radius 1 is 1.04 bits per heavy atom. The summed E-state index contributed by atoms with van der Waals surface area (Å²) in [7, 11) is 0. The van der Waals surface area contributed by atoms with Crippen LogP contribution in [0, 0.1) is 17.0 Å². The Kier molecular flexibility index (Phi) is 5.47. The molecule has 0 heterocycles. The van der Waals surface area contributed by atoms with Gasteiger partial charge in [-0.3, -0.25) is 14.9 Å². The fourth-order valence-corrected chi connectivity index (χ4v) is 2.58. The van der Waals surface area contributed by atoms with E-state index in [-0.39, 0.29) is 11.6 Å². The standard InChI is InChI=1S/C21H18N2O4/c1-15-13-17(7-12-20(15)23(25)26)21(24)22-18-8-10-19(11-9-18)27-14-16-5-3-2-4-6-16/h2-13H,14H2,1H3,(H,22,24). The maximum Gasteiger partial charge on any atom is 0.272 e. The Bertz CT molecular complexity index is 954. The lowest BCUT2D eigenvalue weighted by Crippen LogP contribution is -2.12. The van der Waals surface area contributed by atoms with Crippen LogP contribution < -0.4 is 10.1 Å². The van der Waals surface area contributed by atoms with Gasteiger partial charge >= 0.3 is 0 Å². The highest BCUT2D eigenvalue weighted by Crippen LogP contribution is 2.21. The molecular formula is C21H18N2O4. The van der Waals surface area contributed by atoms with Crippen LogP contribution in [0.2, 0.25) is 0 Å². The van der Waals surface area contributed by atoms with Gasteiger partial charge in [0.05, 0.1) is 4.92 Å². The summed E-state index contributed by atoms with van der Waals surface area (Å²) in [4.78, 5) is 22.7. The third kappa shape index (κ3) is 4.70. The predicted octanol–water partition coefficient (Wildman–Crippen LogP) is 4.73. The minimum atomic E-state index is -0.467. The van der Waals surface area contributed by atoms with Gasteiger partial charge in [-0.2, -0.15) is 0 Å². The molecular weight excluding hydrogens is 344 g/mol. The summed E-state index contributed by atoms with van der Waals surface area (Å²) in [6.45, 7) is 2.07. The zero-order valence-electron chi connectivity index (χ0n) is 14.7. The summed E-state index contributed by atoms with van der Waals surface area (Å²) in [5.74, 6) is 0.369. The number of hydrogen-bond acceptors (Lipinski definition) is 4. The summed E-state index contributed by atoms with van der Waals surface area (Å²) in [6, 6.07) is 21.2. The van der Waals surface area contributed by atoms with E-state index >= 15 is 0 Å². The quantitative estimate of drug-likeness (QED) is 0.507. The maximum atomic E-state index is 12.3. The highest BCUT2D eigenvalue weighted by molar-refractivity contribution is 6.04. The molecule has 1 N–H and O–H groups in total. The average molecular weight is 362 g/mol. The third-order valence-corrected chi connectivity index (χ3v) is 4.02. The van der Waals surface area contributed by atoms with Crippen LogP contribution in [0.25, 0.3) is 0 Å². The molecule has 0 unspecified atom stereocenters. The summed E-state index contributed by atoms with van der Waals surface area (Å²) >= 11 is 0. The molecule has 0 atom stereocenters. The maximum absolute atomic E-state index is 12.3. The van der Waals surface area contributed by atoms with Crippen molar-refractivity contribution in [2.75, 3.05) is 5.32 Å². The Labute approximate surface area is 156 Å². The highest BCUT2D eigenvalue weighted by atomic mass is 16.6. The van der Waals surface area contributed by atoms with Crippen LogP contribution in [0.3, 0.4) is 0 Å². The largest absolute Gasteiger partial charge is 0.489 e. The molecule has 0 aromatic heterocycles. The summed E-state index contributed by atoms with van der Waals surface area (Å²) < 4.78 is 5.71. The number of benzene rings is 3. The molecule has 27 heavy (non-hydrogen) atoms. The first-order chi connectivity index (χ1) is 13.0. The van der Waals surface area contributed by atoms with Crippen molar-refractivity contribution >= 4 is 17.3 Å². The molecule has 0 aliphatic heterocycles. The minimum absolute atomic E-state index is 0.00790. The zero-order chi connectivity index (χ0) is 19.2. The topological polar surface area (TPSA) is 81.5 Å². The van der Waals surface area contributed by atoms with Crippen LogP contribution in [0.1, 0.15) is 21.5 Å². The van der Waals surface area contributed by atoms with E-state index in [0.29, 0.717) is 29.2 Å². The van der Waals surface area contributed by atoms with Crippen molar-refractivity contribution in [2.45, 2.75) is 13.5 Å². The Balaban J connectivity index is 1.61. The Morgan fingerprint density at radius 3 is 2.37 bits per heavy atom. The van der Waals surface area contributed by atoms with Crippen molar-refractivity contribution in [2.24, 2.45) is 0 Å². The molecule has 0 aliphatic carbocycles. The SMILES string of the molecule is Cc1cc(C(=O)Nc2ccc(OCc3ccccc3)cc2)ccc1[N+](=O)[O-]. The van der Waals surface area contributed by atoms with E-state index in [1.807, 2.05) is 30.3 Å². The van der Waals surface area contributed by atoms with Gasteiger partial charge < -0.3 is 10.1 Å². The molecule has 0 radical (unpaired) electrons. The lowest BCUT2D eigenvalue weighted by Gasteiger charge is -2.09. The van der Waals surface area contributed by atoms with Crippen LogP contribution >= 0.6 is 0 Å². The molecule has 0 bridgehead atoms. The van der Waals surface area contributed by atoms with E-state index in [2.05, 4.69) is 5.32 Å². The summed E-state index contributed by atoms with van der Waals surface area (Å²) in [5.41, 5.74) is 2.48. The lowest BCUT2D eigenvalue weighted by molar-refractivity contribution is -0.385. The number of rotatable bonds is 6. The molecule has 6 heteroatoms. The molecule has 3 aromatic rings. The van der Waals surface area contributed by atoms with E-state index in [0.717, 1.165) is 5.56 Å². The fraction of sp³-hybridized carbons (Fsp3) is 0.0952. The molecule has 6 nitrogen and oxygen atoms in total. The van der Waals surface area contributed by atoms with Crippen LogP contribution in [0.4, 0.5) is 11.4 Å². The molecule has 1 amide bonds. The fourth-order valence-electron chi connectivity index (χ4n) is 2.58. The zero-order valence-corrected chi connectivity index (χ0v) is 14.7.